The van der Waals surface area contributed by atoms with Crippen molar-refractivity contribution in [3.05, 3.63) is 64.7 Å². The summed E-state index contributed by atoms with van der Waals surface area (Å²) in [5, 5.41) is 3.72. The minimum absolute atomic E-state index is 0.115. The molecule has 0 aliphatic carbocycles. The number of halogens is 3. The molecular weight excluding hydrogens is 370 g/mol. The number of amidine groups is 1. The van der Waals surface area contributed by atoms with Crippen molar-refractivity contribution in [3.8, 4) is 5.75 Å². The molecule has 4 nitrogen and oxygen atoms in total. The summed E-state index contributed by atoms with van der Waals surface area (Å²) in [4.78, 5) is 16.5. The summed E-state index contributed by atoms with van der Waals surface area (Å²) >= 11 is 7.10. The van der Waals surface area contributed by atoms with Crippen LogP contribution in [0.5, 0.6) is 5.75 Å². The molecule has 0 saturated carbocycles. The van der Waals surface area contributed by atoms with Crippen molar-refractivity contribution in [2.75, 3.05) is 0 Å². The molecule has 1 atom stereocenters. The fourth-order valence-electron chi connectivity index (χ4n) is 2.31. The summed E-state index contributed by atoms with van der Waals surface area (Å²) in [6.45, 7) is -2.89. The van der Waals surface area contributed by atoms with Gasteiger partial charge in [0.05, 0.1) is 0 Å². The Labute approximate surface area is 152 Å². The van der Waals surface area contributed by atoms with Crippen LogP contribution in [0.15, 0.2) is 53.5 Å². The molecule has 130 valence electrons. The molecule has 1 aliphatic rings. The first-order valence-corrected chi connectivity index (χ1v) is 8.69. The molecule has 0 radical (unpaired) electrons. The van der Waals surface area contributed by atoms with Crippen LogP contribution >= 0.6 is 23.4 Å². The lowest BCUT2D eigenvalue weighted by Gasteiger charge is -2.09. The van der Waals surface area contributed by atoms with Crippen LogP contribution in [0.4, 0.5) is 8.78 Å². The number of amides is 1. The van der Waals surface area contributed by atoms with E-state index in [2.05, 4.69) is 15.0 Å². The lowest BCUT2D eigenvalue weighted by Crippen LogP contribution is -2.24. The van der Waals surface area contributed by atoms with Gasteiger partial charge in [-0.25, -0.2) is 4.99 Å². The third-order valence-corrected chi connectivity index (χ3v) is 4.65. The second-order valence-corrected chi connectivity index (χ2v) is 6.55. The Morgan fingerprint density at radius 2 is 1.92 bits per heavy atom. The average molecular weight is 383 g/mol. The van der Waals surface area contributed by atoms with Gasteiger partial charge in [-0.1, -0.05) is 53.7 Å². The first-order chi connectivity index (χ1) is 12.0. The van der Waals surface area contributed by atoms with Crippen LogP contribution in [-0.2, 0) is 10.5 Å². The summed E-state index contributed by atoms with van der Waals surface area (Å²) < 4.78 is 29.4. The molecule has 1 aliphatic heterocycles. The van der Waals surface area contributed by atoms with E-state index < -0.39 is 12.7 Å². The predicted molar refractivity (Wildman–Crippen MR) is 94.1 cm³/mol. The largest absolute Gasteiger partial charge is 0.435 e. The van der Waals surface area contributed by atoms with Crippen molar-refractivity contribution in [1.29, 1.82) is 0 Å². The predicted octanol–water partition coefficient (Wildman–Crippen LogP) is 4.40. The molecule has 8 heteroatoms. The number of alkyl halides is 2. The molecule has 0 aromatic heterocycles. The molecule has 0 spiro atoms. The summed E-state index contributed by atoms with van der Waals surface area (Å²) in [7, 11) is 0. The molecule has 1 amide bonds. The van der Waals surface area contributed by atoms with Crippen LogP contribution in [0.1, 0.15) is 17.2 Å². The fraction of sp³-hybridized carbons (Fsp3) is 0.176. The standard InChI is InChI=1S/C17H13ClF2N2O2S/c18-12-7-5-10(6-8-12)14-15(23)22-17(21-14)25-9-11-3-1-2-4-13(11)24-16(19)20/h1-8,14,16H,9H2,(H,21,22,23)/t14-/m0/s1. The minimum atomic E-state index is -2.89. The van der Waals surface area contributed by atoms with Gasteiger partial charge in [0.2, 0.25) is 0 Å². The zero-order valence-corrected chi connectivity index (χ0v) is 14.4. The number of thioether (sulfide) groups is 1. The van der Waals surface area contributed by atoms with E-state index in [4.69, 9.17) is 11.6 Å². The van der Waals surface area contributed by atoms with Crippen molar-refractivity contribution < 1.29 is 18.3 Å². The molecular formula is C17H13ClF2N2O2S. The molecule has 0 saturated heterocycles. The number of carbonyl (C=O) groups is 1. The quantitative estimate of drug-likeness (QED) is 0.833. The van der Waals surface area contributed by atoms with Gasteiger partial charge in [0, 0.05) is 16.3 Å². The number of benzene rings is 2. The van der Waals surface area contributed by atoms with Gasteiger partial charge in [0.25, 0.3) is 5.91 Å². The monoisotopic (exact) mass is 382 g/mol. The van der Waals surface area contributed by atoms with Gasteiger partial charge in [0.15, 0.2) is 11.2 Å². The number of nitrogens with one attached hydrogen (secondary N) is 1. The summed E-state index contributed by atoms with van der Waals surface area (Å²) in [5.74, 6) is 0.223. The Bertz CT molecular complexity index is 799. The molecule has 0 fully saturated rings. The van der Waals surface area contributed by atoms with E-state index in [9.17, 15) is 13.6 Å². The van der Waals surface area contributed by atoms with Crippen LogP contribution in [0, 0.1) is 0 Å². The second-order valence-electron chi connectivity index (χ2n) is 5.15. The zero-order chi connectivity index (χ0) is 17.8. The Hall–Kier alpha value is -2.12. The normalized spacial score (nSPS) is 16.7. The van der Waals surface area contributed by atoms with E-state index in [0.29, 0.717) is 21.5 Å². The molecule has 1 N–H and O–H groups in total. The van der Waals surface area contributed by atoms with Crippen molar-refractivity contribution in [1.82, 2.24) is 5.32 Å². The molecule has 3 rings (SSSR count). The van der Waals surface area contributed by atoms with E-state index in [1.165, 1.54) is 17.8 Å². The van der Waals surface area contributed by atoms with Crippen LogP contribution in [0.3, 0.4) is 0 Å². The molecule has 2 aromatic carbocycles. The van der Waals surface area contributed by atoms with Crippen molar-refractivity contribution in [2.45, 2.75) is 18.4 Å². The summed E-state index contributed by atoms with van der Waals surface area (Å²) in [6.07, 6.45) is 0. The van der Waals surface area contributed by atoms with Crippen LogP contribution in [0.25, 0.3) is 0 Å². The molecule has 25 heavy (non-hydrogen) atoms. The smallest absolute Gasteiger partial charge is 0.387 e. The van der Waals surface area contributed by atoms with Crippen molar-refractivity contribution >= 4 is 34.4 Å². The number of rotatable bonds is 5. The lowest BCUT2D eigenvalue weighted by atomic mass is 10.1. The number of hydrogen-bond donors (Lipinski definition) is 1. The highest BCUT2D eigenvalue weighted by Gasteiger charge is 2.28. The highest BCUT2D eigenvalue weighted by Crippen LogP contribution is 2.29. The summed E-state index contributed by atoms with van der Waals surface area (Å²) in [6, 6.07) is 12.8. The molecule has 2 aromatic rings. The Morgan fingerprint density at radius 1 is 1.20 bits per heavy atom. The minimum Gasteiger partial charge on any atom is -0.435 e. The van der Waals surface area contributed by atoms with E-state index in [0.717, 1.165) is 5.56 Å². The van der Waals surface area contributed by atoms with E-state index in [-0.39, 0.29) is 11.7 Å². The maximum Gasteiger partial charge on any atom is 0.387 e. The van der Waals surface area contributed by atoms with Gasteiger partial charge in [0.1, 0.15) is 5.75 Å². The second kappa shape index (κ2) is 7.84. The molecule has 0 bridgehead atoms. The van der Waals surface area contributed by atoms with Gasteiger partial charge in [-0.2, -0.15) is 8.78 Å². The van der Waals surface area contributed by atoms with Crippen LogP contribution in [-0.4, -0.2) is 17.7 Å². The van der Waals surface area contributed by atoms with Crippen LogP contribution in [0.2, 0.25) is 5.02 Å². The number of aliphatic imine (C=N–C) groups is 1. The SMILES string of the molecule is O=C1NC(SCc2ccccc2OC(F)F)=N[C@H]1c1ccc(Cl)cc1. The Morgan fingerprint density at radius 3 is 2.64 bits per heavy atom. The zero-order valence-electron chi connectivity index (χ0n) is 12.8. The fourth-order valence-corrected chi connectivity index (χ4v) is 3.32. The maximum atomic E-state index is 12.4. The van der Waals surface area contributed by atoms with Gasteiger partial charge in [-0.05, 0) is 23.8 Å². The number of ether oxygens (including phenoxy) is 1. The number of para-hydroxylation sites is 1. The van der Waals surface area contributed by atoms with Gasteiger partial charge < -0.3 is 10.1 Å². The molecule has 0 unspecified atom stereocenters. The highest BCUT2D eigenvalue weighted by molar-refractivity contribution is 8.13. The average Bonchev–Trinajstić information content (AvgIpc) is 2.95. The van der Waals surface area contributed by atoms with Crippen molar-refractivity contribution in [2.24, 2.45) is 4.99 Å². The van der Waals surface area contributed by atoms with Gasteiger partial charge in [-0.15, -0.1) is 0 Å². The third kappa shape index (κ3) is 4.49. The highest BCUT2D eigenvalue weighted by atomic mass is 35.5. The number of carbonyl (C=O) groups excluding carboxylic acids is 1. The topological polar surface area (TPSA) is 50.7 Å². The first-order valence-electron chi connectivity index (χ1n) is 7.32. The number of nitrogens with zero attached hydrogens (tertiary/aromatic N) is 1. The molecule has 1 heterocycles. The number of hydrogen-bond acceptors (Lipinski definition) is 4. The van der Waals surface area contributed by atoms with Crippen molar-refractivity contribution in [3.63, 3.8) is 0 Å². The van der Waals surface area contributed by atoms with E-state index in [1.54, 1.807) is 42.5 Å². The van der Waals surface area contributed by atoms with Crippen LogP contribution < -0.4 is 10.1 Å². The Balaban J connectivity index is 1.69. The maximum absolute atomic E-state index is 12.4. The van der Waals surface area contributed by atoms with Gasteiger partial charge >= 0.3 is 6.61 Å². The summed E-state index contributed by atoms with van der Waals surface area (Å²) in [5.41, 5.74) is 1.33. The third-order valence-electron chi connectivity index (χ3n) is 3.46. The van der Waals surface area contributed by atoms with E-state index in [1.807, 2.05) is 0 Å². The lowest BCUT2D eigenvalue weighted by molar-refractivity contribution is -0.120. The van der Waals surface area contributed by atoms with E-state index >= 15 is 0 Å². The Kier molecular flexibility index (Phi) is 5.55. The first kappa shape index (κ1) is 17.7. The van der Waals surface area contributed by atoms with Gasteiger partial charge in [-0.3, -0.25) is 4.79 Å².